The van der Waals surface area contributed by atoms with Crippen LogP contribution in [0.2, 0.25) is 0 Å². The zero-order valence-electron chi connectivity index (χ0n) is 11.0. The topological polar surface area (TPSA) is 52.9 Å². The van der Waals surface area contributed by atoms with Gasteiger partial charge in [0, 0.05) is 5.56 Å². The molecule has 1 aromatic rings. The number of hydrogen-bond acceptors (Lipinski definition) is 2. The average Bonchev–Trinajstić information content (AvgIpc) is 2.43. The first kappa shape index (κ1) is 13.5. The summed E-state index contributed by atoms with van der Waals surface area (Å²) in [6.07, 6.45) is 4.40. The molecule has 2 rings (SSSR count). The van der Waals surface area contributed by atoms with Crippen molar-refractivity contribution < 1.29 is 9.18 Å². The van der Waals surface area contributed by atoms with Crippen molar-refractivity contribution >= 4 is 5.91 Å². The lowest BCUT2D eigenvalue weighted by atomic mass is 9.82. The van der Waals surface area contributed by atoms with Crippen LogP contribution in [0.15, 0.2) is 18.2 Å². The number of aryl methyl sites for hydroxylation is 1. The van der Waals surface area contributed by atoms with E-state index >= 15 is 0 Å². The molecule has 1 N–H and O–H groups in total. The van der Waals surface area contributed by atoms with Crippen molar-refractivity contribution in [2.75, 3.05) is 0 Å². The first-order chi connectivity index (χ1) is 9.06. The lowest BCUT2D eigenvalue weighted by Gasteiger charge is -2.31. The second kappa shape index (κ2) is 5.40. The van der Waals surface area contributed by atoms with E-state index in [2.05, 4.69) is 11.4 Å². The van der Waals surface area contributed by atoms with E-state index in [1.807, 2.05) is 0 Å². The Morgan fingerprint density at radius 2 is 2.05 bits per heavy atom. The second-order valence-corrected chi connectivity index (χ2v) is 5.17. The Morgan fingerprint density at radius 1 is 1.37 bits per heavy atom. The molecule has 0 atom stereocenters. The van der Waals surface area contributed by atoms with Crippen molar-refractivity contribution in [1.29, 1.82) is 5.26 Å². The number of nitrogens with zero attached hydrogens (tertiary/aromatic N) is 1. The van der Waals surface area contributed by atoms with E-state index in [0.717, 1.165) is 19.3 Å². The number of hydrogen-bond donors (Lipinski definition) is 1. The standard InChI is InChI=1S/C15H17FN2O/c1-11-9-12(5-6-13(11)16)14(19)18-15(10-17)7-3-2-4-8-15/h5-6,9H,2-4,7-8H2,1H3,(H,18,19). The van der Waals surface area contributed by atoms with Gasteiger partial charge in [0.1, 0.15) is 11.4 Å². The van der Waals surface area contributed by atoms with Crippen molar-refractivity contribution in [3.8, 4) is 6.07 Å². The van der Waals surface area contributed by atoms with Crippen LogP contribution in [0.25, 0.3) is 0 Å². The maximum atomic E-state index is 13.2. The molecule has 0 radical (unpaired) electrons. The average molecular weight is 260 g/mol. The van der Waals surface area contributed by atoms with Crippen LogP contribution < -0.4 is 5.32 Å². The van der Waals surface area contributed by atoms with Crippen LogP contribution in [0.5, 0.6) is 0 Å². The van der Waals surface area contributed by atoms with Crippen LogP contribution in [-0.4, -0.2) is 11.4 Å². The number of carbonyl (C=O) groups is 1. The summed E-state index contributed by atoms with van der Waals surface area (Å²) >= 11 is 0. The van der Waals surface area contributed by atoms with Crippen LogP contribution in [0.1, 0.15) is 48.0 Å². The van der Waals surface area contributed by atoms with Crippen molar-refractivity contribution in [3.05, 3.63) is 35.1 Å². The molecule has 1 amide bonds. The summed E-state index contributed by atoms with van der Waals surface area (Å²) in [5.41, 5.74) is 0.0823. The summed E-state index contributed by atoms with van der Waals surface area (Å²) in [6, 6.07) is 6.48. The van der Waals surface area contributed by atoms with Gasteiger partial charge in [-0.25, -0.2) is 4.39 Å². The number of nitrogens with one attached hydrogen (secondary N) is 1. The summed E-state index contributed by atoms with van der Waals surface area (Å²) in [6.45, 7) is 1.62. The van der Waals surface area contributed by atoms with E-state index in [0.29, 0.717) is 24.0 Å². The molecule has 1 aliphatic rings. The number of rotatable bonds is 2. The van der Waals surface area contributed by atoms with Gasteiger partial charge >= 0.3 is 0 Å². The molecule has 1 saturated carbocycles. The van der Waals surface area contributed by atoms with Crippen LogP contribution >= 0.6 is 0 Å². The Hall–Kier alpha value is -1.89. The van der Waals surface area contributed by atoms with Crippen LogP contribution in [0.4, 0.5) is 4.39 Å². The molecule has 0 aliphatic heterocycles. The third-order valence-corrected chi connectivity index (χ3v) is 3.69. The molecule has 0 aromatic heterocycles. The highest BCUT2D eigenvalue weighted by atomic mass is 19.1. The van der Waals surface area contributed by atoms with Crippen molar-refractivity contribution in [2.24, 2.45) is 0 Å². The highest BCUT2D eigenvalue weighted by molar-refractivity contribution is 5.95. The maximum Gasteiger partial charge on any atom is 0.252 e. The molecule has 1 fully saturated rings. The SMILES string of the molecule is Cc1cc(C(=O)NC2(C#N)CCCCC2)ccc1F. The lowest BCUT2D eigenvalue weighted by molar-refractivity contribution is 0.0902. The van der Waals surface area contributed by atoms with Crippen LogP contribution in [0.3, 0.4) is 0 Å². The molecule has 0 spiro atoms. The minimum absolute atomic E-state index is 0.299. The quantitative estimate of drug-likeness (QED) is 0.888. The van der Waals surface area contributed by atoms with E-state index in [9.17, 15) is 14.4 Å². The van der Waals surface area contributed by atoms with Gasteiger partial charge in [0.15, 0.2) is 0 Å². The summed E-state index contributed by atoms with van der Waals surface area (Å²) < 4.78 is 13.2. The molecule has 0 unspecified atom stereocenters. The van der Waals surface area contributed by atoms with Crippen LogP contribution in [0, 0.1) is 24.1 Å². The minimum atomic E-state index is -0.752. The van der Waals surface area contributed by atoms with E-state index in [1.165, 1.54) is 18.2 Å². The van der Waals surface area contributed by atoms with Gasteiger partial charge in [0.05, 0.1) is 6.07 Å². The van der Waals surface area contributed by atoms with Crippen LogP contribution in [-0.2, 0) is 0 Å². The molecule has 4 heteroatoms. The number of benzene rings is 1. The Balaban J connectivity index is 2.15. The predicted molar refractivity (Wildman–Crippen MR) is 70.0 cm³/mol. The second-order valence-electron chi connectivity index (χ2n) is 5.17. The maximum absolute atomic E-state index is 13.2. The first-order valence-corrected chi connectivity index (χ1v) is 6.56. The molecule has 0 bridgehead atoms. The monoisotopic (exact) mass is 260 g/mol. The molecular formula is C15H17FN2O. The van der Waals surface area contributed by atoms with Gasteiger partial charge in [-0.3, -0.25) is 4.79 Å². The lowest BCUT2D eigenvalue weighted by Crippen LogP contribution is -2.48. The zero-order valence-corrected chi connectivity index (χ0v) is 11.0. The van der Waals surface area contributed by atoms with Gasteiger partial charge in [-0.2, -0.15) is 5.26 Å². The fourth-order valence-electron chi connectivity index (χ4n) is 2.50. The molecule has 100 valence electrons. The van der Waals surface area contributed by atoms with E-state index in [1.54, 1.807) is 6.92 Å². The number of amides is 1. The van der Waals surface area contributed by atoms with Gasteiger partial charge in [-0.15, -0.1) is 0 Å². The van der Waals surface area contributed by atoms with Crippen molar-refractivity contribution in [1.82, 2.24) is 5.32 Å². The molecule has 19 heavy (non-hydrogen) atoms. The van der Waals surface area contributed by atoms with E-state index < -0.39 is 5.54 Å². The molecular weight excluding hydrogens is 243 g/mol. The Morgan fingerprint density at radius 3 is 2.63 bits per heavy atom. The first-order valence-electron chi connectivity index (χ1n) is 6.56. The largest absolute Gasteiger partial charge is 0.334 e. The van der Waals surface area contributed by atoms with Gasteiger partial charge < -0.3 is 5.32 Å². The summed E-state index contributed by atoms with van der Waals surface area (Å²) in [4.78, 5) is 12.2. The third-order valence-electron chi connectivity index (χ3n) is 3.69. The number of nitriles is 1. The Bertz CT molecular complexity index is 527. The summed E-state index contributed by atoms with van der Waals surface area (Å²) in [5, 5.41) is 12.1. The predicted octanol–water partition coefficient (Wildman–Crippen LogP) is 3.09. The number of carbonyl (C=O) groups excluding carboxylic acids is 1. The molecule has 3 nitrogen and oxygen atoms in total. The van der Waals surface area contributed by atoms with Crippen molar-refractivity contribution in [2.45, 2.75) is 44.6 Å². The van der Waals surface area contributed by atoms with Gasteiger partial charge in [0.2, 0.25) is 0 Å². The molecule has 1 aromatic carbocycles. The highest BCUT2D eigenvalue weighted by Crippen LogP contribution is 2.28. The fraction of sp³-hybridized carbons (Fsp3) is 0.467. The van der Waals surface area contributed by atoms with E-state index in [-0.39, 0.29) is 11.7 Å². The van der Waals surface area contributed by atoms with Crippen molar-refractivity contribution in [3.63, 3.8) is 0 Å². The zero-order chi connectivity index (χ0) is 13.9. The molecule has 0 saturated heterocycles. The Labute approximate surface area is 112 Å². The van der Waals surface area contributed by atoms with Gasteiger partial charge in [-0.05, 0) is 43.5 Å². The third kappa shape index (κ3) is 2.93. The van der Waals surface area contributed by atoms with Gasteiger partial charge in [-0.1, -0.05) is 19.3 Å². The molecule has 0 heterocycles. The fourth-order valence-corrected chi connectivity index (χ4v) is 2.50. The van der Waals surface area contributed by atoms with E-state index in [4.69, 9.17) is 0 Å². The molecule has 1 aliphatic carbocycles. The van der Waals surface area contributed by atoms with Gasteiger partial charge in [0.25, 0.3) is 5.91 Å². The highest BCUT2D eigenvalue weighted by Gasteiger charge is 2.33. The summed E-state index contributed by atoms with van der Waals surface area (Å²) in [5.74, 6) is -0.629. The summed E-state index contributed by atoms with van der Waals surface area (Å²) in [7, 11) is 0. The Kier molecular flexibility index (Phi) is 3.84. The number of halogens is 1. The minimum Gasteiger partial charge on any atom is -0.334 e. The smallest absolute Gasteiger partial charge is 0.252 e. The normalized spacial score (nSPS) is 17.5.